The Balaban J connectivity index is 1.90. The molecule has 4 rings (SSSR count). The van der Waals surface area contributed by atoms with Crippen LogP contribution in [0.4, 0.5) is 13.2 Å². The Labute approximate surface area is 195 Å². The van der Waals surface area contributed by atoms with Crippen LogP contribution < -0.4 is 5.32 Å². The van der Waals surface area contributed by atoms with Gasteiger partial charge in [0.05, 0.1) is 0 Å². The average Bonchev–Trinajstić information content (AvgIpc) is 3.07. The zero-order chi connectivity index (χ0) is 23.6. The van der Waals surface area contributed by atoms with Crippen LogP contribution >= 0.6 is 11.6 Å². The van der Waals surface area contributed by atoms with Crippen molar-refractivity contribution in [3.8, 4) is 11.1 Å². The zero-order valence-electron chi connectivity index (χ0n) is 18.1. The van der Waals surface area contributed by atoms with Gasteiger partial charge in [-0.05, 0) is 48.6 Å². The number of nitrogens with one attached hydrogen (secondary N) is 1. The number of ether oxygens (including phenoxy) is 1. The van der Waals surface area contributed by atoms with Gasteiger partial charge in [-0.3, -0.25) is 4.79 Å². The second kappa shape index (κ2) is 9.61. The van der Waals surface area contributed by atoms with E-state index in [1.807, 2.05) is 0 Å². The van der Waals surface area contributed by atoms with E-state index in [4.69, 9.17) is 16.3 Å². The summed E-state index contributed by atoms with van der Waals surface area (Å²) >= 11 is 6.01. The number of alkyl halides is 3. The Hall–Kier alpha value is -2.77. The summed E-state index contributed by atoms with van der Waals surface area (Å²) in [6, 6.07) is 15.2. The highest BCUT2D eigenvalue weighted by Gasteiger charge is 2.41. The van der Waals surface area contributed by atoms with Crippen LogP contribution in [0.25, 0.3) is 11.1 Å². The normalized spacial score (nSPS) is 14.9. The lowest BCUT2D eigenvalue weighted by molar-refractivity contribution is -0.143. The van der Waals surface area contributed by atoms with Crippen LogP contribution in [0.3, 0.4) is 0 Å². The molecule has 0 saturated carbocycles. The van der Waals surface area contributed by atoms with E-state index in [0.29, 0.717) is 42.2 Å². The van der Waals surface area contributed by atoms with Gasteiger partial charge < -0.3 is 14.6 Å². The van der Waals surface area contributed by atoms with E-state index in [1.165, 1.54) is 6.92 Å². The van der Waals surface area contributed by atoms with E-state index in [9.17, 15) is 18.0 Å². The van der Waals surface area contributed by atoms with Crippen molar-refractivity contribution in [1.82, 2.24) is 9.88 Å². The third-order valence-electron chi connectivity index (χ3n) is 5.86. The smallest absolute Gasteiger partial charge is 0.381 e. The quantitative estimate of drug-likeness (QED) is 0.484. The molecule has 2 aromatic carbocycles. The van der Waals surface area contributed by atoms with Crippen LogP contribution in [0, 0.1) is 6.92 Å². The number of benzene rings is 2. The van der Waals surface area contributed by atoms with Gasteiger partial charge in [0.2, 0.25) is 0 Å². The molecule has 33 heavy (non-hydrogen) atoms. The molecule has 0 aliphatic carbocycles. The lowest BCUT2D eigenvalue weighted by Gasteiger charge is -2.24. The Morgan fingerprint density at radius 3 is 2.33 bits per heavy atom. The number of carbonyl (C=O) groups excluding carboxylic acids is 1. The van der Waals surface area contributed by atoms with Crippen molar-refractivity contribution < 1.29 is 22.7 Å². The van der Waals surface area contributed by atoms with Crippen molar-refractivity contribution in [2.75, 3.05) is 13.2 Å². The highest BCUT2D eigenvalue weighted by molar-refractivity contribution is 6.30. The van der Waals surface area contributed by atoms with Crippen LogP contribution in [-0.4, -0.2) is 29.7 Å². The first-order valence-corrected chi connectivity index (χ1v) is 11.1. The number of nitrogens with zero attached hydrogens (tertiary/aromatic N) is 1. The second-order valence-corrected chi connectivity index (χ2v) is 8.57. The van der Waals surface area contributed by atoms with Crippen molar-refractivity contribution in [3.63, 3.8) is 0 Å². The minimum Gasteiger partial charge on any atom is -0.381 e. The molecular weight excluding hydrogens is 453 g/mol. The molecule has 0 atom stereocenters. The minimum absolute atomic E-state index is 0.00232. The fourth-order valence-corrected chi connectivity index (χ4v) is 4.46. The molecule has 1 aromatic heterocycles. The standard InChI is InChI=1S/C25H24ClF3N2O2/c1-16-21(18-7-9-19(26)10-8-18)22(24(32)30-20-11-13-33-14-12-20)31(23(16)25(27,28)29)15-17-5-3-2-4-6-17/h2-10,20H,11-15H2,1H3,(H,30,32). The lowest BCUT2D eigenvalue weighted by Crippen LogP contribution is -2.40. The van der Waals surface area contributed by atoms with Gasteiger partial charge in [-0.15, -0.1) is 0 Å². The molecule has 1 aliphatic heterocycles. The van der Waals surface area contributed by atoms with Crippen LogP contribution in [0.15, 0.2) is 54.6 Å². The Morgan fingerprint density at radius 1 is 1.09 bits per heavy atom. The summed E-state index contributed by atoms with van der Waals surface area (Å²) in [5.74, 6) is -0.526. The monoisotopic (exact) mass is 476 g/mol. The molecule has 8 heteroatoms. The predicted octanol–water partition coefficient (Wildman–Crippen LogP) is 6.09. The molecule has 1 aliphatic rings. The molecule has 1 fully saturated rings. The maximum atomic E-state index is 14.3. The molecule has 1 N–H and O–H groups in total. The van der Waals surface area contributed by atoms with Crippen molar-refractivity contribution in [1.29, 1.82) is 0 Å². The number of halogens is 4. The topological polar surface area (TPSA) is 43.3 Å². The summed E-state index contributed by atoms with van der Waals surface area (Å²) in [6.07, 6.45) is -3.41. The van der Waals surface area contributed by atoms with Crippen molar-refractivity contribution in [3.05, 3.63) is 82.1 Å². The maximum absolute atomic E-state index is 14.3. The first-order valence-electron chi connectivity index (χ1n) is 10.7. The van der Waals surface area contributed by atoms with Crippen LogP contribution in [0.5, 0.6) is 0 Å². The number of hydrogen-bond donors (Lipinski definition) is 1. The van der Waals surface area contributed by atoms with E-state index in [2.05, 4.69) is 5.32 Å². The maximum Gasteiger partial charge on any atom is 0.431 e. The number of hydrogen-bond acceptors (Lipinski definition) is 2. The molecule has 0 radical (unpaired) electrons. The minimum atomic E-state index is -4.64. The second-order valence-electron chi connectivity index (χ2n) is 8.13. The van der Waals surface area contributed by atoms with Crippen molar-refractivity contribution in [2.45, 2.75) is 38.5 Å². The van der Waals surface area contributed by atoms with Gasteiger partial charge in [0.25, 0.3) is 5.91 Å². The Bertz CT molecular complexity index is 1120. The largest absolute Gasteiger partial charge is 0.431 e. The third kappa shape index (κ3) is 5.09. The van der Waals surface area contributed by atoms with Crippen LogP contribution in [0.2, 0.25) is 5.02 Å². The summed E-state index contributed by atoms with van der Waals surface area (Å²) < 4.78 is 49.4. The van der Waals surface area contributed by atoms with Crippen LogP contribution in [-0.2, 0) is 17.5 Å². The van der Waals surface area contributed by atoms with Gasteiger partial charge in [0.1, 0.15) is 11.4 Å². The van der Waals surface area contributed by atoms with Crippen molar-refractivity contribution >= 4 is 17.5 Å². The molecule has 1 saturated heterocycles. The number of rotatable bonds is 5. The molecule has 4 nitrogen and oxygen atoms in total. The molecule has 3 aromatic rings. The Morgan fingerprint density at radius 2 is 1.73 bits per heavy atom. The number of carbonyl (C=O) groups is 1. The van der Waals surface area contributed by atoms with Gasteiger partial charge in [-0.1, -0.05) is 54.1 Å². The molecule has 0 spiro atoms. The number of aromatic nitrogens is 1. The first-order chi connectivity index (χ1) is 15.8. The van der Waals surface area contributed by atoms with E-state index >= 15 is 0 Å². The van der Waals surface area contributed by atoms with Gasteiger partial charge in [0.15, 0.2) is 0 Å². The molecule has 0 unspecified atom stereocenters. The Kier molecular flexibility index (Phi) is 6.81. The summed E-state index contributed by atoms with van der Waals surface area (Å²) in [5, 5.41) is 3.40. The molecular formula is C25H24ClF3N2O2. The van der Waals surface area contributed by atoms with Gasteiger partial charge >= 0.3 is 6.18 Å². The fraction of sp³-hybridized carbons (Fsp3) is 0.320. The lowest BCUT2D eigenvalue weighted by atomic mass is 10.00. The zero-order valence-corrected chi connectivity index (χ0v) is 18.8. The highest BCUT2D eigenvalue weighted by atomic mass is 35.5. The summed E-state index contributed by atoms with van der Waals surface area (Å²) in [7, 11) is 0. The van der Waals surface area contributed by atoms with Gasteiger partial charge in [-0.25, -0.2) is 0 Å². The molecule has 1 amide bonds. The van der Waals surface area contributed by atoms with Gasteiger partial charge in [-0.2, -0.15) is 13.2 Å². The van der Waals surface area contributed by atoms with Crippen LogP contribution in [0.1, 0.15) is 40.2 Å². The SMILES string of the molecule is Cc1c(-c2ccc(Cl)cc2)c(C(=O)NC2CCOCC2)n(Cc2ccccc2)c1C(F)(F)F. The molecule has 0 bridgehead atoms. The number of amides is 1. The van der Waals surface area contributed by atoms with E-state index < -0.39 is 17.8 Å². The third-order valence-corrected chi connectivity index (χ3v) is 6.12. The summed E-state index contributed by atoms with van der Waals surface area (Å²) in [4.78, 5) is 13.5. The molecule has 174 valence electrons. The average molecular weight is 477 g/mol. The van der Waals surface area contributed by atoms with Gasteiger partial charge in [0, 0.05) is 36.4 Å². The summed E-state index contributed by atoms with van der Waals surface area (Å²) in [6.45, 7) is 2.35. The van der Waals surface area contributed by atoms with Crippen molar-refractivity contribution in [2.24, 2.45) is 0 Å². The van der Waals surface area contributed by atoms with E-state index in [1.54, 1.807) is 54.6 Å². The van der Waals surface area contributed by atoms with E-state index in [-0.39, 0.29) is 29.4 Å². The molecule has 2 heterocycles. The first kappa shape index (κ1) is 23.4. The highest BCUT2D eigenvalue weighted by Crippen LogP contribution is 2.41. The van der Waals surface area contributed by atoms with E-state index in [0.717, 1.165) is 4.57 Å². The summed E-state index contributed by atoms with van der Waals surface area (Å²) in [5.41, 5.74) is 0.621. The predicted molar refractivity (Wildman–Crippen MR) is 121 cm³/mol. The fourth-order valence-electron chi connectivity index (χ4n) is 4.34.